The molecule has 1 nitrogen and oxygen atoms in total. The van der Waals surface area contributed by atoms with Gasteiger partial charge in [-0.15, -0.1) is 0 Å². The Bertz CT molecular complexity index is 608. The number of fused-ring (bicyclic) bond motifs is 6. The van der Waals surface area contributed by atoms with Gasteiger partial charge in [-0.2, -0.15) is 0 Å². The van der Waals surface area contributed by atoms with Crippen LogP contribution in [0.25, 0.3) is 5.70 Å². The second kappa shape index (κ2) is 4.88. The Morgan fingerprint density at radius 2 is 1.77 bits per heavy atom. The van der Waals surface area contributed by atoms with Crippen LogP contribution in [-0.4, -0.2) is 17.5 Å². The van der Waals surface area contributed by atoms with Crippen LogP contribution in [0.4, 0.5) is 0 Å². The van der Waals surface area contributed by atoms with Gasteiger partial charge in [0.05, 0.1) is 0 Å². The Morgan fingerprint density at radius 1 is 0.955 bits per heavy atom. The maximum atomic E-state index is 2.82. The lowest BCUT2D eigenvalue weighted by molar-refractivity contribution is 0.0559. The molecule has 1 aromatic carbocycles. The molecule has 1 spiro atoms. The van der Waals surface area contributed by atoms with Gasteiger partial charge in [0.1, 0.15) is 0 Å². The summed E-state index contributed by atoms with van der Waals surface area (Å²) in [6.07, 6.45) is 15.6. The molecular weight excluding hydrogens is 266 g/mol. The smallest absolute Gasteiger partial charge is 0.0410 e. The van der Waals surface area contributed by atoms with Gasteiger partial charge in [-0.1, -0.05) is 56.0 Å². The number of benzene rings is 1. The lowest BCUT2D eigenvalue weighted by atomic mass is 9.61. The molecule has 0 amide bonds. The van der Waals surface area contributed by atoms with Crippen LogP contribution >= 0.6 is 0 Å². The fraction of sp³-hybridized carbons (Fsp3) is 0.619. The van der Waals surface area contributed by atoms with Crippen LogP contribution in [0.5, 0.6) is 0 Å². The van der Waals surface area contributed by atoms with Crippen molar-refractivity contribution < 1.29 is 0 Å². The van der Waals surface area contributed by atoms with Gasteiger partial charge in [-0.05, 0) is 49.0 Å². The van der Waals surface area contributed by atoms with Crippen molar-refractivity contribution in [3.05, 3.63) is 41.5 Å². The van der Waals surface area contributed by atoms with Crippen molar-refractivity contribution >= 4 is 5.70 Å². The molecule has 0 aromatic heterocycles. The molecule has 2 atom stereocenters. The van der Waals surface area contributed by atoms with Gasteiger partial charge >= 0.3 is 0 Å². The van der Waals surface area contributed by atoms with E-state index in [2.05, 4.69) is 35.2 Å². The number of nitrogens with zero attached hydrogens (tertiary/aromatic N) is 1. The third kappa shape index (κ3) is 1.77. The van der Waals surface area contributed by atoms with Gasteiger partial charge in [0.2, 0.25) is 0 Å². The molecule has 0 bridgehead atoms. The quantitative estimate of drug-likeness (QED) is 0.649. The molecule has 0 radical (unpaired) electrons. The SMILES string of the molecule is C1=C2c3ccccc3CCN2C2CCCCC2C12CCCC2. The molecule has 116 valence electrons. The largest absolute Gasteiger partial charge is 0.368 e. The van der Waals surface area contributed by atoms with Crippen molar-refractivity contribution in [1.29, 1.82) is 0 Å². The van der Waals surface area contributed by atoms with Crippen molar-refractivity contribution in [1.82, 2.24) is 4.90 Å². The molecule has 2 aliphatic carbocycles. The summed E-state index contributed by atoms with van der Waals surface area (Å²) < 4.78 is 0. The summed E-state index contributed by atoms with van der Waals surface area (Å²) in [5, 5.41) is 0. The molecule has 5 rings (SSSR count). The number of hydrogen-bond acceptors (Lipinski definition) is 1. The zero-order valence-corrected chi connectivity index (χ0v) is 13.6. The molecule has 2 heterocycles. The zero-order valence-electron chi connectivity index (χ0n) is 13.6. The van der Waals surface area contributed by atoms with Crippen LogP contribution in [-0.2, 0) is 6.42 Å². The molecule has 0 saturated heterocycles. The van der Waals surface area contributed by atoms with Crippen LogP contribution < -0.4 is 0 Å². The molecule has 0 N–H and O–H groups in total. The average molecular weight is 293 g/mol. The van der Waals surface area contributed by atoms with Crippen LogP contribution in [0.15, 0.2) is 30.3 Å². The van der Waals surface area contributed by atoms with Crippen molar-refractivity contribution in [3.8, 4) is 0 Å². The normalized spacial score (nSPS) is 32.2. The van der Waals surface area contributed by atoms with E-state index in [1.807, 2.05) is 0 Å². The highest BCUT2D eigenvalue weighted by Crippen LogP contribution is 2.57. The second-order valence-corrected chi connectivity index (χ2v) is 8.03. The standard InChI is InChI=1S/C21H27N/c1-2-8-17-16(7-1)11-14-22-19-10-4-3-9-18(19)21(15-20(17)22)12-5-6-13-21/h1-2,7-8,15,18-19H,3-6,9-14H2. The summed E-state index contributed by atoms with van der Waals surface area (Å²) >= 11 is 0. The Labute approximate surface area is 134 Å². The minimum absolute atomic E-state index is 0.543. The van der Waals surface area contributed by atoms with Gasteiger partial charge in [0.25, 0.3) is 0 Å². The predicted molar refractivity (Wildman–Crippen MR) is 91.5 cm³/mol. The summed E-state index contributed by atoms with van der Waals surface area (Å²) in [5.74, 6) is 0.942. The third-order valence-electron chi connectivity index (χ3n) is 7.05. The first-order valence-corrected chi connectivity index (χ1v) is 9.45. The fourth-order valence-electron chi connectivity index (χ4n) is 6.09. The number of hydrogen-bond donors (Lipinski definition) is 0. The predicted octanol–water partition coefficient (Wildman–Crippen LogP) is 5.02. The molecule has 2 fully saturated rings. The van der Waals surface area contributed by atoms with Crippen LogP contribution in [0.1, 0.15) is 62.5 Å². The van der Waals surface area contributed by atoms with Crippen molar-refractivity contribution in [3.63, 3.8) is 0 Å². The molecule has 2 unspecified atom stereocenters. The first kappa shape index (κ1) is 13.2. The van der Waals surface area contributed by atoms with E-state index in [-0.39, 0.29) is 0 Å². The Morgan fingerprint density at radius 3 is 2.68 bits per heavy atom. The highest BCUT2D eigenvalue weighted by Gasteiger charge is 2.50. The first-order valence-electron chi connectivity index (χ1n) is 9.45. The van der Waals surface area contributed by atoms with E-state index in [1.54, 1.807) is 16.8 Å². The topological polar surface area (TPSA) is 3.24 Å². The Balaban J connectivity index is 1.67. The van der Waals surface area contributed by atoms with Gasteiger partial charge in [-0.25, -0.2) is 0 Å². The van der Waals surface area contributed by atoms with Crippen molar-refractivity contribution in [2.24, 2.45) is 11.3 Å². The lowest BCUT2D eigenvalue weighted by Gasteiger charge is -2.55. The van der Waals surface area contributed by atoms with E-state index >= 15 is 0 Å². The van der Waals surface area contributed by atoms with Gasteiger partial charge in [0.15, 0.2) is 0 Å². The summed E-state index contributed by atoms with van der Waals surface area (Å²) in [4.78, 5) is 2.82. The molecule has 1 aromatic rings. The van der Waals surface area contributed by atoms with E-state index in [0.717, 1.165) is 12.0 Å². The van der Waals surface area contributed by atoms with Crippen LogP contribution in [0.2, 0.25) is 0 Å². The maximum Gasteiger partial charge on any atom is 0.0410 e. The zero-order chi connectivity index (χ0) is 14.6. The molecule has 4 aliphatic rings. The highest BCUT2D eigenvalue weighted by molar-refractivity contribution is 5.70. The van der Waals surface area contributed by atoms with Gasteiger partial charge < -0.3 is 4.90 Å². The van der Waals surface area contributed by atoms with Gasteiger partial charge in [-0.3, -0.25) is 0 Å². The average Bonchev–Trinajstić information content (AvgIpc) is 3.04. The molecule has 1 heteroatoms. The Kier molecular flexibility index (Phi) is 2.93. The second-order valence-electron chi connectivity index (χ2n) is 8.03. The number of rotatable bonds is 0. The monoisotopic (exact) mass is 293 g/mol. The third-order valence-corrected chi connectivity index (χ3v) is 7.05. The van der Waals surface area contributed by atoms with E-state index < -0.39 is 0 Å². The van der Waals surface area contributed by atoms with E-state index in [4.69, 9.17) is 0 Å². The minimum atomic E-state index is 0.543. The first-order chi connectivity index (χ1) is 10.9. The van der Waals surface area contributed by atoms with E-state index in [9.17, 15) is 0 Å². The van der Waals surface area contributed by atoms with Crippen LogP contribution in [0, 0.1) is 11.3 Å². The minimum Gasteiger partial charge on any atom is -0.368 e. The summed E-state index contributed by atoms with van der Waals surface area (Å²) in [6.45, 7) is 1.25. The van der Waals surface area contributed by atoms with E-state index in [1.165, 1.54) is 64.3 Å². The summed E-state index contributed by atoms with van der Waals surface area (Å²) in [7, 11) is 0. The molecule has 2 aliphatic heterocycles. The lowest BCUT2D eigenvalue weighted by Crippen LogP contribution is -2.52. The maximum absolute atomic E-state index is 2.82. The van der Waals surface area contributed by atoms with Crippen LogP contribution in [0.3, 0.4) is 0 Å². The summed E-state index contributed by atoms with van der Waals surface area (Å²) in [5.41, 5.74) is 5.27. The fourth-order valence-corrected chi connectivity index (χ4v) is 6.09. The highest BCUT2D eigenvalue weighted by atomic mass is 15.2. The van der Waals surface area contributed by atoms with Gasteiger partial charge in [0, 0.05) is 23.8 Å². The molecular formula is C21H27N. The van der Waals surface area contributed by atoms with Crippen molar-refractivity contribution in [2.75, 3.05) is 6.54 Å². The Hall–Kier alpha value is -1.24. The van der Waals surface area contributed by atoms with Crippen molar-refractivity contribution in [2.45, 2.75) is 63.8 Å². The molecule has 2 saturated carbocycles. The van der Waals surface area contributed by atoms with E-state index in [0.29, 0.717) is 5.41 Å². The summed E-state index contributed by atoms with van der Waals surface area (Å²) in [6, 6.07) is 10.0. The molecule has 22 heavy (non-hydrogen) atoms. The number of allylic oxidation sites excluding steroid dienone is 1.